The predicted molar refractivity (Wildman–Crippen MR) is 127 cm³/mol. The molecule has 1 saturated carbocycles. The summed E-state index contributed by atoms with van der Waals surface area (Å²) in [6.07, 6.45) is 10.8. The molecule has 0 unspecified atom stereocenters. The van der Waals surface area contributed by atoms with Crippen molar-refractivity contribution in [3.63, 3.8) is 0 Å². The Morgan fingerprint density at radius 1 is 1.10 bits per heavy atom. The first-order chi connectivity index (χ1) is 15.1. The number of nitrogens with one attached hydrogen (secondary N) is 1. The first-order valence-electron chi connectivity index (χ1n) is 11.2. The van der Waals surface area contributed by atoms with E-state index in [2.05, 4.69) is 62.9 Å². The largest absolute Gasteiger partial charge is 0.352 e. The van der Waals surface area contributed by atoms with Gasteiger partial charge in [-0.15, -0.1) is 0 Å². The van der Waals surface area contributed by atoms with Gasteiger partial charge in [-0.1, -0.05) is 25.0 Å². The summed E-state index contributed by atoms with van der Waals surface area (Å²) in [4.78, 5) is 11.3. The summed E-state index contributed by atoms with van der Waals surface area (Å²) >= 11 is 5.84. The van der Waals surface area contributed by atoms with Gasteiger partial charge in [-0.3, -0.25) is 9.97 Å². The molecule has 31 heavy (non-hydrogen) atoms. The molecule has 160 valence electrons. The molecule has 0 amide bonds. The molecule has 0 radical (unpaired) electrons. The van der Waals surface area contributed by atoms with Gasteiger partial charge in [0.1, 0.15) is 0 Å². The molecule has 2 atom stereocenters. The third kappa shape index (κ3) is 3.74. The van der Waals surface area contributed by atoms with Gasteiger partial charge in [0.05, 0.1) is 17.8 Å². The smallest absolute Gasteiger partial charge is 0.170 e. The van der Waals surface area contributed by atoms with Crippen LogP contribution in [0.5, 0.6) is 0 Å². The van der Waals surface area contributed by atoms with Crippen LogP contribution in [0.15, 0.2) is 55.0 Å². The summed E-state index contributed by atoms with van der Waals surface area (Å²) in [5.41, 5.74) is 6.23. The highest BCUT2D eigenvalue weighted by molar-refractivity contribution is 7.80. The van der Waals surface area contributed by atoms with Crippen molar-refractivity contribution >= 4 is 17.3 Å². The molecule has 5 nitrogen and oxygen atoms in total. The Hall–Kier alpha value is -2.73. The van der Waals surface area contributed by atoms with Crippen LogP contribution in [0.3, 0.4) is 0 Å². The van der Waals surface area contributed by atoms with Gasteiger partial charge in [-0.25, -0.2) is 0 Å². The Kier molecular flexibility index (Phi) is 5.48. The average molecular weight is 432 g/mol. The molecule has 1 N–H and O–H groups in total. The Morgan fingerprint density at radius 2 is 1.94 bits per heavy atom. The molecule has 5 rings (SSSR count). The summed E-state index contributed by atoms with van der Waals surface area (Å²) in [6.45, 7) is 5.25. The van der Waals surface area contributed by atoms with Crippen molar-refractivity contribution in [3.8, 4) is 0 Å². The van der Waals surface area contributed by atoms with Gasteiger partial charge in [0, 0.05) is 42.6 Å². The van der Waals surface area contributed by atoms with E-state index in [1.807, 2.05) is 30.7 Å². The second-order valence-electron chi connectivity index (χ2n) is 8.75. The lowest BCUT2D eigenvalue weighted by molar-refractivity contribution is 0.309. The van der Waals surface area contributed by atoms with Crippen molar-refractivity contribution in [2.45, 2.75) is 64.2 Å². The predicted octanol–water partition coefficient (Wildman–Crippen LogP) is 5.18. The topological polar surface area (TPSA) is 46.0 Å². The first-order valence-corrected chi connectivity index (χ1v) is 11.6. The third-order valence-corrected chi connectivity index (χ3v) is 7.16. The van der Waals surface area contributed by atoms with Gasteiger partial charge >= 0.3 is 0 Å². The molecule has 1 aliphatic heterocycles. The molecule has 4 heterocycles. The summed E-state index contributed by atoms with van der Waals surface area (Å²) in [6, 6.07) is 13.3. The standard InChI is InChI=1S/C25H29N5S/c1-17-14-21(18(2)30(17)20-9-3-4-10-20)24-23(22-11-5-6-13-27-22)28-25(31)29(24)16-19-8-7-12-26-15-19/h5-8,11-15,20,23-24H,3-4,9-10,16H2,1-2H3,(H,28,31)/t23-,24-/m0/s1. The van der Waals surface area contributed by atoms with Gasteiger partial charge in [0.25, 0.3) is 0 Å². The van der Waals surface area contributed by atoms with Crippen molar-refractivity contribution < 1.29 is 0 Å². The SMILES string of the molecule is Cc1cc([C@H]2[C@H](c3ccccn3)NC(=S)N2Cc2cccnc2)c(C)n1C1CCCC1. The monoisotopic (exact) mass is 431 g/mol. The fourth-order valence-corrected chi connectivity index (χ4v) is 5.73. The zero-order valence-electron chi connectivity index (χ0n) is 18.2. The van der Waals surface area contributed by atoms with Gasteiger partial charge in [-0.2, -0.15) is 0 Å². The Bertz CT molecular complexity index is 1060. The molecule has 1 saturated heterocycles. The van der Waals surface area contributed by atoms with Gasteiger partial charge in [-0.05, 0) is 74.3 Å². The maximum atomic E-state index is 5.84. The number of hydrogen-bond donors (Lipinski definition) is 1. The Labute approximate surface area is 189 Å². The van der Waals surface area contributed by atoms with Gasteiger partial charge in [0.15, 0.2) is 5.11 Å². The molecular weight excluding hydrogens is 402 g/mol. The van der Waals surface area contributed by atoms with Gasteiger partial charge in [0.2, 0.25) is 0 Å². The first kappa shape index (κ1) is 20.2. The lowest BCUT2D eigenvalue weighted by Gasteiger charge is -2.28. The van der Waals surface area contributed by atoms with Crippen LogP contribution in [0.1, 0.15) is 72.0 Å². The van der Waals surface area contributed by atoms with E-state index in [-0.39, 0.29) is 12.1 Å². The minimum atomic E-state index is 0.0166. The molecule has 6 heteroatoms. The molecule has 1 aliphatic carbocycles. The zero-order chi connectivity index (χ0) is 21.4. The van der Waals surface area contributed by atoms with E-state index in [4.69, 9.17) is 12.2 Å². The van der Waals surface area contributed by atoms with Crippen molar-refractivity contribution in [1.29, 1.82) is 0 Å². The number of aromatic nitrogens is 3. The van der Waals surface area contributed by atoms with Crippen LogP contribution >= 0.6 is 12.2 Å². The fraction of sp³-hybridized carbons (Fsp3) is 0.400. The normalized spacial score (nSPS) is 21.6. The Balaban J connectivity index is 1.58. The van der Waals surface area contributed by atoms with E-state index in [0.717, 1.165) is 22.9 Å². The van der Waals surface area contributed by atoms with Crippen LogP contribution in [0.4, 0.5) is 0 Å². The zero-order valence-corrected chi connectivity index (χ0v) is 19.0. The summed E-state index contributed by atoms with van der Waals surface area (Å²) < 4.78 is 2.57. The van der Waals surface area contributed by atoms with Crippen LogP contribution in [0.25, 0.3) is 0 Å². The van der Waals surface area contributed by atoms with Crippen LogP contribution in [0.2, 0.25) is 0 Å². The average Bonchev–Trinajstić information content (AvgIpc) is 3.49. The molecule has 3 aromatic heterocycles. The quantitative estimate of drug-likeness (QED) is 0.564. The van der Waals surface area contributed by atoms with Crippen molar-refractivity contribution in [3.05, 3.63) is 83.2 Å². The highest BCUT2D eigenvalue weighted by atomic mass is 32.1. The van der Waals surface area contributed by atoms with Crippen molar-refractivity contribution in [1.82, 2.24) is 24.8 Å². The molecule has 3 aromatic rings. The second kappa shape index (κ2) is 8.42. The number of rotatable bonds is 5. The van der Waals surface area contributed by atoms with Crippen LogP contribution in [-0.2, 0) is 6.54 Å². The van der Waals surface area contributed by atoms with E-state index >= 15 is 0 Å². The highest BCUT2D eigenvalue weighted by Crippen LogP contribution is 2.43. The number of nitrogens with zero attached hydrogens (tertiary/aromatic N) is 4. The lowest BCUT2D eigenvalue weighted by atomic mass is 9.96. The minimum Gasteiger partial charge on any atom is -0.352 e. The second-order valence-corrected chi connectivity index (χ2v) is 9.14. The number of pyridine rings is 2. The van der Waals surface area contributed by atoms with E-state index in [9.17, 15) is 0 Å². The van der Waals surface area contributed by atoms with Crippen LogP contribution in [0, 0.1) is 13.8 Å². The number of aryl methyl sites for hydroxylation is 1. The van der Waals surface area contributed by atoms with Crippen molar-refractivity contribution in [2.75, 3.05) is 0 Å². The minimum absolute atomic E-state index is 0.0166. The Morgan fingerprint density at radius 3 is 2.65 bits per heavy atom. The van der Waals surface area contributed by atoms with E-state index in [1.165, 1.54) is 42.6 Å². The van der Waals surface area contributed by atoms with E-state index in [1.54, 1.807) is 0 Å². The molecule has 0 spiro atoms. The molecular formula is C25H29N5S. The molecule has 2 fully saturated rings. The maximum Gasteiger partial charge on any atom is 0.170 e. The third-order valence-electron chi connectivity index (χ3n) is 6.81. The summed E-state index contributed by atoms with van der Waals surface area (Å²) in [5.74, 6) is 0. The van der Waals surface area contributed by atoms with E-state index in [0.29, 0.717) is 6.04 Å². The van der Waals surface area contributed by atoms with E-state index < -0.39 is 0 Å². The number of hydrogen-bond acceptors (Lipinski definition) is 3. The van der Waals surface area contributed by atoms with Crippen LogP contribution < -0.4 is 5.32 Å². The molecule has 2 aliphatic rings. The van der Waals surface area contributed by atoms with Crippen molar-refractivity contribution in [2.24, 2.45) is 0 Å². The summed E-state index contributed by atoms with van der Waals surface area (Å²) in [5, 5.41) is 4.35. The summed E-state index contributed by atoms with van der Waals surface area (Å²) in [7, 11) is 0. The fourth-order valence-electron chi connectivity index (χ4n) is 5.43. The lowest BCUT2D eigenvalue weighted by Crippen LogP contribution is -2.29. The number of thiocarbonyl (C=S) groups is 1. The molecule has 0 bridgehead atoms. The highest BCUT2D eigenvalue weighted by Gasteiger charge is 2.41. The van der Waals surface area contributed by atoms with Crippen LogP contribution in [-0.4, -0.2) is 24.5 Å². The maximum absolute atomic E-state index is 5.84. The van der Waals surface area contributed by atoms with Gasteiger partial charge < -0.3 is 14.8 Å². The molecule has 0 aromatic carbocycles.